The second-order valence-electron chi connectivity index (χ2n) is 6.95. The highest BCUT2D eigenvalue weighted by Crippen LogP contribution is 2.17. The smallest absolute Gasteiger partial charge is 0.251 e. The van der Waals surface area contributed by atoms with Crippen molar-refractivity contribution in [1.29, 1.82) is 0 Å². The van der Waals surface area contributed by atoms with Crippen LogP contribution in [0.2, 0.25) is 5.02 Å². The molecule has 0 radical (unpaired) electrons. The molecular weight excluding hydrogens is 346 g/mol. The van der Waals surface area contributed by atoms with Gasteiger partial charge in [0.2, 0.25) is 0 Å². The van der Waals surface area contributed by atoms with Gasteiger partial charge >= 0.3 is 0 Å². The summed E-state index contributed by atoms with van der Waals surface area (Å²) in [6.07, 6.45) is 4.00. The fourth-order valence-electron chi connectivity index (χ4n) is 3.62. The Morgan fingerprint density at radius 1 is 1.19 bits per heavy atom. The lowest BCUT2D eigenvalue weighted by molar-refractivity contribution is 0.0901. The van der Waals surface area contributed by atoms with E-state index in [-0.39, 0.29) is 11.9 Å². The molecular formula is C21H22ClN3O. The number of aromatic nitrogens is 1. The fourth-order valence-corrected chi connectivity index (χ4v) is 3.75. The lowest BCUT2D eigenvalue weighted by Crippen LogP contribution is -2.47. The fraction of sp³-hybridized carbons (Fsp3) is 0.286. The maximum Gasteiger partial charge on any atom is 0.251 e. The number of H-pyrrole nitrogens is 1. The molecule has 5 heteroatoms. The van der Waals surface area contributed by atoms with Crippen molar-refractivity contribution in [2.24, 2.45) is 0 Å². The van der Waals surface area contributed by atoms with E-state index >= 15 is 0 Å². The summed E-state index contributed by atoms with van der Waals surface area (Å²) in [5.74, 6) is -0.000145. The summed E-state index contributed by atoms with van der Waals surface area (Å²) in [5, 5.41) is 5.08. The molecule has 0 aliphatic carbocycles. The molecule has 1 aliphatic heterocycles. The van der Waals surface area contributed by atoms with Crippen molar-refractivity contribution < 1.29 is 4.79 Å². The van der Waals surface area contributed by atoms with Gasteiger partial charge in [0.15, 0.2) is 0 Å². The van der Waals surface area contributed by atoms with Crippen LogP contribution in [-0.2, 0) is 6.54 Å². The number of nitrogens with one attached hydrogen (secondary N) is 2. The number of benzene rings is 2. The largest absolute Gasteiger partial charge is 0.361 e. The summed E-state index contributed by atoms with van der Waals surface area (Å²) in [7, 11) is 0. The third kappa shape index (κ3) is 3.92. The van der Waals surface area contributed by atoms with Crippen molar-refractivity contribution in [3.8, 4) is 0 Å². The van der Waals surface area contributed by atoms with E-state index in [0.717, 1.165) is 48.4 Å². The summed E-state index contributed by atoms with van der Waals surface area (Å²) in [5.41, 5.74) is 2.94. The Labute approximate surface area is 158 Å². The van der Waals surface area contributed by atoms with E-state index in [1.807, 2.05) is 42.6 Å². The number of rotatable bonds is 4. The molecule has 1 fully saturated rings. The molecule has 134 valence electrons. The van der Waals surface area contributed by atoms with Gasteiger partial charge in [0.1, 0.15) is 0 Å². The summed E-state index contributed by atoms with van der Waals surface area (Å²) < 4.78 is 0. The van der Waals surface area contributed by atoms with Gasteiger partial charge in [0.25, 0.3) is 5.91 Å². The summed E-state index contributed by atoms with van der Waals surface area (Å²) in [6.45, 7) is 2.82. The normalized spacial score (nSPS) is 18.1. The number of likely N-dealkylation sites (tertiary alicyclic amines) is 1. The zero-order valence-electron chi connectivity index (χ0n) is 14.5. The number of nitrogens with zero attached hydrogens (tertiary/aromatic N) is 1. The molecule has 0 spiro atoms. The topological polar surface area (TPSA) is 48.1 Å². The summed E-state index contributed by atoms with van der Waals surface area (Å²) in [4.78, 5) is 18.2. The van der Waals surface area contributed by atoms with E-state index < -0.39 is 0 Å². The molecule has 1 saturated heterocycles. The molecule has 26 heavy (non-hydrogen) atoms. The van der Waals surface area contributed by atoms with Crippen molar-refractivity contribution in [2.45, 2.75) is 25.4 Å². The van der Waals surface area contributed by atoms with Crippen LogP contribution in [-0.4, -0.2) is 34.9 Å². The lowest BCUT2D eigenvalue weighted by Gasteiger charge is -2.33. The summed E-state index contributed by atoms with van der Waals surface area (Å²) in [6, 6.07) is 16.0. The van der Waals surface area contributed by atoms with E-state index in [4.69, 9.17) is 11.6 Å². The van der Waals surface area contributed by atoms with Gasteiger partial charge in [-0.1, -0.05) is 29.8 Å². The standard InChI is InChI=1S/C21H22ClN3O/c22-18-7-3-15(4-8-18)13-25-11-1-2-19(14-25)24-21(26)17-6-5-16-9-10-23-20(16)12-17/h3-10,12,19,23H,1-2,11,13-14H2,(H,24,26). The van der Waals surface area contributed by atoms with Crippen LogP contribution >= 0.6 is 11.6 Å². The minimum Gasteiger partial charge on any atom is -0.361 e. The quantitative estimate of drug-likeness (QED) is 0.725. The Bertz CT molecular complexity index is 903. The molecule has 2 N–H and O–H groups in total. The van der Waals surface area contributed by atoms with Crippen molar-refractivity contribution in [3.05, 3.63) is 70.9 Å². The van der Waals surface area contributed by atoms with Crippen LogP contribution in [0.5, 0.6) is 0 Å². The van der Waals surface area contributed by atoms with Gasteiger partial charge in [-0.25, -0.2) is 0 Å². The number of carbonyl (C=O) groups excluding carboxylic acids is 1. The zero-order chi connectivity index (χ0) is 17.9. The number of halogens is 1. The average Bonchev–Trinajstić information content (AvgIpc) is 3.12. The maximum atomic E-state index is 12.6. The van der Waals surface area contributed by atoms with Crippen LogP contribution < -0.4 is 5.32 Å². The summed E-state index contributed by atoms with van der Waals surface area (Å²) >= 11 is 5.96. The molecule has 1 unspecified atom stereocenters. The van der Waals surface area contributed by atoms with Crippen LogP contribution in [0.1, 0.15) is 28.8 Å². The average molecular weight is 368 g/mol. The first kappa shape index (κ1) is 17.1. The monoisotopic (exact) mass is 367 g/mol. The first-order valence-corrected chi connectivity index (χ1v) is 9.40. The highest BCUT2D eigenvalue weighted by molar-refractivity contribution is 6.30. The Morgan fingerprint density at radius 2 is 2.04 bits per heavy atom. The lowest BCUT2D eigenvalue weighted by atomic mass is 10.0. The van der Waals surface area contributed by atoms with Crippen LogP contribution in [0.25, 0.3) is 10.9 Å². The van der Waals surface area contributed by atoms with Crippen molar-refractivity contribution in [2.75, 3.05) is 13.1 Å². The maximum absolute atomic E-state index is 12.6. The highest BCUT2D eigenvalue weighted by Gasteiger charge is 2.22. The minimum atomic E-state index is -0.000145. The molecule has 2 heterocycles. The number of amides is 1. The van der Waals surface area contributed by atoms with Gasteiger partial charge in [-0.15, -0.1) is 0 Å². The Kier molecular flexibility index (Phi) is 4.96. The number of hydrogen-bond donors (Lipinski definition) is 2. The first-order chi connectivity index (χ1) is 12.7. The third-order valence-corrected chi connectivity index (χ3v) is 5.23. The van der Waals surface area contributed by atoms with E-state index in [9.17, 15) is 4.79 Å². The van der Waals surface area contributed by atoms with Gasteiger partial charge < -0.3 is 10.3 Å². The van der Waals surface area contributed by atoms with Crippen LogP contribution in [0.4, 0.5) is 0 Å². The Balaban J connectivity index is 1.38. The van der Waals surface area contributed by atoms with Gasteiger partial charge in [-0.2, -0.15) is 0 Å². The Hall–Kier alpha value is -2.30. The van der Waals surface area contributed by atoms with Crippen LogP contribution in [0, 0.1) is 0 Å². The van der Waals surface area contributed by atoms with Gasteiger partial charge in [0.05, 0.1) is 0 Å². The molecule has 4 nitrogen and oxygen atoms in total. The van der Waals surface area contributed by atoms with Gasteiger partial charge in [-0.3, -0.25) is 9.69 Å². The third-order valence-electron chi connectivity index (χ3n) is 4.98. The zero-order valence-corrected chi connectivity index (χ0v) is 15.3. The molecule has 0 saturated carbocycles. The minimum absolute atomic E-state index is 0.000145. The van der Waals surface area contributed by atoms with E-state index in [1.165, 1.54) is 5.56 Å². The number of carbonyl (C=O) groups is 1. The van der Waals surface area contributed by atoms with Crippen molar-refractivity contribution in [1.82, 2.24) is 15.2 Å². The molecule has 1 aromatic heterocycles. The predicted octanol–water partition coefficient (Wildman–Crippen LogP) is 4.22. The molecule has 1 amide bonds. The van der Waals surface area contributed by atoms with Crippen molar-refractivity contribution in [3.63, 3.8) is 0 Å². The van der Waals surface area contributed by atoms with Gasteiger partial charge in [-0.05, 0) is 60.7 Å². The number of aromatic amines is 1. The molecule has 1 aliphatic rings. The number of piperidine rings is 1. The second-order valence-corrected chi connectivity index (χ2v) is 7.39. The molecule has 3 aromatic rings. The molecule has 1 atom stereocenters. The van der Waals surface area contributed by atoms with E-state index in [0.29, 0.717) is 5.56 Å². The Morgan fingerprint density at radius 3 is 2.88 bits per heavy atom. The SMILES string of the molecule is O=C(NC1CCCN(Cc2ccc(Cl)cc2)C1)c1ccc2cc[nH]c2c1. The van der Waals surface area contributed by atoms with E-state index in [2.05, 4.69) is 27.3 Å². The van der Waals surface area contributed by atoms with Crippen LogP contribution in [0.15, 0.2) is 54.7 Å². The predicted molar refractivity (Wildman–Crippen MR) is 106 cm³/mol. The van der Waals surface area contributed by atoms with Crippen molar-refractivity contribution >= 4 is 28.4 Å². The molecule has 4 rings (SSSR count). The molecule has 0 bridgehead atoms. The van der Waals surface area contributed by atoms with Crippen LogP contribution in [0.3, 0.4) is 0 Å². The first-order valence-electron chi connectivity index (χ1n) is 9.02. The number of hydrogen-bond acceptors (Lipinski definition) is 2. The molecule has 2 aromatic carbocycles. The van der Waals surface area contributed by atoms with E-state index in [1.54, 1.807) is 0 Å². The highest BCUT2D eigenvalue weighted by atomic mass is 35.5. The second kappa shape index (κ2) is 7.52. The number of fused-ring (bicyclic) bond motifs is 1. The van der Waals surface area contributed by atoms with Gasteiger partial charge in [0, 0.05) is 41.4 Å².